The van der Waals surface area contributed by atoms with Crippen molar-refractivity contribution in [1.82, 2.24) is 0 Å². The van der Waals surface area contributed by atoms with E-state index in [4.69, 9.17) is 15.6 Å². The van der Waals surface area contributed by atoms with E-state index < -0.39 is 23.9 Å². The molecule has 1 atom stereocenters. The third kappa shape index (κ3) is 3.17. The first-order chi connectivity index (χ1) is 7.95. The van der Waals surface area contributed by atoms with E-state index in [2.05, 4.69) is 0 Å². The molecule has 0 aromatic heterocycles. The van der Waals surface area contributed by atoms with Crippen molar-refractivity contribution in [3.05, 3.63) is 29.6 Å². The van der Waals surface area contributed by atoms with Crippen LogP contribution in [0.4, 0.5) is 10.1 Å². The Bertz CT molecular complexity index is 447. The van der Waals surface area contributed by atoms with Gasteiger partial charge in [0.05, 0.1) is 11.3 Å². The molecular weight excluding hydrogens is 229 g/mol. The molecule has 0 amide bonds. The second kappa shape index (κ2) is 5.29. The highest BCUT2D eigenvalue weighted by atomic mass is 19.1. The van der Waals surface area contributed by atoms with Gasteiger partial charge >= 0.3 is 11.9 Å². The topological polar surface area (TPSA) is 89.6 Å². The SMILES string of the molecule is CCC(OC(=O)c1ccc(N)c(F)c1)C(=O)O. The summed E-state index contributed by atoms with van der Waals surface area (Å²) >= 11 is 0. The molecule has 0 heterocycles. The molecule has 0 radical (unpaired) electrons. The van der Waals surface area contributed by atoms with Crippen LogP contribution in [0.2, 0.25) is 0 Å². The van der Waals surface area contributed by atoms with Gasteiger partial charge in [0, 0.05) is 0 Å². The Hall–Kier alpha value is -2.11. The maximum absolute atomic E-state index is 13.1. The lowest BCUT2D eigenvalue weighted by Gasteiger charge is -2.11. The molecule has 5 nitrogen and oxygen atoms in total. The number of rotatable bonds is 4. The Morgan fingerprint density at radius 2 is 2.18 bits per heavy atom. The summed E-state index contributed by atoms with van der Waals surface area (Å²) in [7, 11) is 0. The van der Waals surface area contributed by atoms with E-state index in [1.54, 1.807) is 6.92 Å². The third-order valence-electron chi connectivity index (χ3n) is 2.13. The number of ether oxygens (including phenoxy) is 1. The third-order valence-corrected chi connectivity index (χ3v) is 2.13. The Balaban J connectivity index is 2.82. The van der Waals surface area contributed by atoms with Crippen molar-refractivity contribution < 1.29 is 23.8 Å². The minimum atomic E-state index is -1.24. The van der Waals surface area contributed by atoms with E-state index in [1.807, 2.05) is 0 Å². The van der Waals surface area contributed by atoms with E-state index in [-0.39, 0.29) is 17.7 Å². The molecular formula is C11H12FNO4. The number of nitrogens with two attached hydrogens (primary N) is 1. The van der Waals surface area contributed by atoms with Crippen LogP contribution in [0.1, 0.15) is 23.7 Å². The number of benzene rings is 1. The fourth-order valence-electron chi connectivity index (χ4n) is 1.16. The van der Waals surface area contributed by atoms with Crippen LogP contribution in [0.15, 0.2) is 18.2 Å². The number of hydrogen-bond donors (Lipinski definition) is 2. The Kier molecular flexibility index (Phi) is 4.03. The normalized spacial score (nSPS) is 11.9. The molecule has 1 aromatic rings. The number of anilines is 1. The van der Waals surface area contributed by atoms with Crippen LogP contribution in [0.3, 0.4) is 0 Å². The van der Waals surface area contributed by atoms with Gasteiger partial charge in [-0.05, 0) is 24.6 Å². The molecule has 0 fully saturated rings. The number of carboxylic acid groups (broad SMARTS) is 1. The Labute approximate surface area is 97.0 Å². The molecule has 92 valence electrons. The lowest BCUT2D eigenvalue weighted by Crippen LogP contribution is -2.26. The van der Waals surface area contributed by atoms with Gasteiger partial charge in [-0.3, -0.25) is 0 Å². The second-order valence-corrected chi connectivity index (χ2v) is 3.38. The molecule has 0 spiro atoms. The molecule has 1 aromatic carbocycles. The molecule has 1 rings (SSSR count). The smallest absolute Gasteiger partial charge is 0.345 e. The van der Waals surface area contributed by atoms with E-state index in [0.717, 1.165) is 6.07 Å². The maximum atomic E-state index is 13.1. The van der Waals surface area contributed by atoms with E-state index in [1.165, 1.54) is 12.1 Å². The Morgan fingerprint density at radius 3 is 2.65 bits per heavy atom. The van der Waals surface area contributed by atoms with Gasteiger partial charge in [0.1, 0.15) is 5.82 Å². The first-order valence-electron chi connectivity index (χ1n) is 4.94. The summed E-state index contributed by atoms with van der Waals surface area (Å²) in [5, 5.41) is 8.70. The highest BCUT2D eigenvalue weighted by Gasteiger charge is 2.21. The average Bonchev–Trinajstić information content (AvgIpc) is 2.28. The van der Waals surface area contributed by atoms with E-state index in [0.29, 0.717) is 0 Å². The van der Waals surface area contributed by atoms with Crippen LogP contribution >= 0.6 is 0 Å². The fourth-order valence-corrected chi connectivity index (χ4v) is 1.16. The predicted octanol–water partition coefficient (Wildman–Crippen LogP) is 1.43. The number of hydrogen-bond acceptors (Lipinski definition) is 4. The fraction of sp³-hybridized carbons (Fsp3) is 0.273. The van der Waals surface area contributed by atoms with Gasteiger partial charge in [0.2, 0.25) is 0 Å². The van der Waals surface area contributed by atoms with Crippen molar-refractivity contribution >= 4 is 17.6 Å². The summed E-state index contributed by atoms with van der Waals surface area (Å²) in [6.07, 6.45) is -1.10. The average molecular weight is 241 g/mol. The summed E-state index contributed by atoms with van der Waals surface area (Å²) in [5.74, 6) is -2.88. The van der Waals surface area contributed by atoms with Gasteiger partial charge in [-0.15, -0.1) is 0 Å². The van der Waals surface area contributed by atoms with E-state index in [9.17, 15) is 14.0 Å². The van der Waals surface area contributed by atoms with Crippen LogP contribution in [0.5, 0.6) is 0 Å². The van der Waals surface area contributed by atoms with Gasteiger partial charge in [0.25, 0.3) is 0 Å². The first kappa shape index (κ1) is 13.0. The minimum absolute atomic E-state index is 0.0728. The molecule has 17 heavy (non-hydrogen) atoms. The number of carboxylic acids is 1. The van der Waals surface area contributed by atoms with Crippen LogP contribution in [0.25, 0.3) is 0 Å². The van der Waals surface area contributed by atoms with Crippen LogP contribution < -0.4 is 5.73 Å². The van der Waals surface area contributed by atoms with Gasteiger partial charge in [-0.2, -0.15) is 0 Å². The minimum Gasteiger partial charge on any atom is -0.479 e. The Morgan fingerprint density at radius 1 is 1.53 bits per heavy atom. The molecule has 0 bridgehead atoms. The van der Waals surface area contributed by atoms with Crippen molar-refractivity contribution in [3.63, 3.8) is 0 Å². The monoisotopic (exact) mass is 241 g/mol. The number of carbonyl (C=O) groups is 2. The molecule has 0 aliphatic rings. The van der Waals surface area contributed by atoms with Gasteiger partial charge in [0.15, 0.2) is 6.10 Å². The zero-order valence-corrected chi connectivity index (χ0v) is 9.14. The lowest BCUT2D eigenvalue weighted by molar-refractivity contribution is -0.147. The summed E-state index contributed by atoms with van der Waals surface area (Å²) < 4.78 is 17.8. The van der Waals surface area contributed by atoms with E-state index >= 15 is 0 Å². The summed E-state index contributed by atoms with van der Waals surface area (Å²) in [4.78, 5) is 22.1. The zero-order valence-electron chi connectivity index (χ0n) is 9.14. The standard InChI is InChI=1S/C11H12FNO4/c1-2-9(10(14)15)17-11(16)6-3-4-8(13)7(12)5-6/h3-5,9H,2,13H2,1H3,(H,14,15). The highest BCUT2D eigenvalue weighted by molar-refractivity contribution is 5.91. The van der Waals surface area contributed by atoms with Crippen molar-refractivity contribution in [1.29, 1.82) is 0 Å². The molecule has 6 heteroatoms. The second-order valence-electron chi connectivity index (χ2n) is 3.38. The first-order valence-corrected chi connectivity index (χ1v) is 4.94. The molecule has 0 saturated carbocycles. The van der Waals surface area contributed by atoms with Crippen molar-refractivity contribution in [2.75, 3.05) is 5.73 Å². The lowest BCUT2D eigenvalue weighted by atomic mass is 10.2. The van der Waals surface area contributed by atoms with Crippen molar-refractivity contribution in [2.45, 2.75) is 19.4 Å². The summed E-state index contributed by atoms with van der Waals surface area (Å²) in [5.41, 5.74) is 5.08. The zero-order chi connectivity index (χ0) is 13.0. The maximum Gasteiger partial charge on any atom is 0.345 e. The summed E-state index contributed by atoms with van der Waals surface area (Å²) in [6, 6.07) is 3.40. The number of carbonyl (C=O) groups excluding carboxylic acids is 1. The number of nitrogen functional groups attached to an aromatic ring is 1. The predicted molar refractivity (Wildman–Crippen MR) is 57.9 cm³/mol. The van der Waals surface area contributed by atoms with Crippen LogP contribution in [-0.2, 0) is 9.53 Å². The molecule has 0 aliphatic heterocycles. The van der Waals surface area contributed by atoms with Crippen LogP contribution in [0, 0.1) is 5.82 Å². The van der Waals surface area contributed by atoms with Crippen molar-refractivity contribution in [3.8, 4) is 0 Å². The molecule has 0 aliphatic carbocycles. The molecule has 1 unspecified atom stereocenters. The highest BCUT2D eigenvalue weighted by Crippen LogP contribution is 2.14. The molecule has 0 saturated heterocycles. The van der Waals surface area contributed by atoms with Crippen LogP contribution in [-0.4, -0.2) is 23.1 Å². The largest absolute Gasteiger partial charge is 0.479 e. The number of aliphatic carboxylic acids is 1. The van der Waals surface area contributed by atoms with Gasteiger partial charge in [-0.25, -0.2) is 14.0 Å². The number of halogens is 1. The van der Waals surface area contributed by atoms with Gasteiger partial charge in [-0.1, -0.05) is 6.92 Å². The summed E-state index contributed by atoms with van der Waals surface area (Å²) in [6.45, 7) is 1.57. The quantitative estimate of drug-likeness (QED) is 0.614. The van der Waals surface area contributed by atoms with Gasteiger partial charge < -0.3 is 15.6 Å². The van der Waals surface area contributed by atoms with Crippen molar-refractivity contribution in [2.24, 2.45) is 0 Å². The molecule has 3 N–H and O–H groups in total. The number of esters is 1.